The average Bonchev–Trinajstić information content (AvgIpc) is 2.37. The molecule has 1 rings (SSSR count). The van der Waals surface area contributed by atoms with Crippen molar-refractivity contribution in [1.29, 1.82) is 0 Å². The number of nitrogens with one attached hydrogen (secondary N) is 2. The van der Waals surface area contributed by atoms with Gasteiger partial charge in [0.2, 0.25) is 5.91 Å². The number of hydrogen-bond acceptors (Lipinski definition) is 4. The predicted octanol–water partition coefficient (Wildman–Crippen LogP) is 0.954. The molecule has 1 aliphatic heterocycles. The second-order valence-corrected chi connectivity index (χ2v) is 6.26. The molecule has 0 aromatic heterocycles. The van der Waals surface area contributed by atoms with E-state index in [0.717, 1.165) is 31.1 Å². The molecule has 0 radical (unpaired) electrons. The van der Waals surface area contributed by atoms with Crippen molar-refractivity contribution in [2.75, 3.05) is 36.9 Å². The Kier molecular flexibility index (Phi) is 8.41. The van der Waals surface area contributed by atoms with Crippen molar-refractivity contribution in [2.24, 2.45) is 0 Å². The SMILES string of the molecule is C#CCSCCNC(=O)CSC1CCNCC1. The van der Waals surface area contributed by atoms with E-state index < -0.39 is 0 Å². The van der Waals surface area contributed by atoms with Crippen LogP contribution in [0.4, 0.5) is 0 Å². The molecule has 5 heteroatoms. The highest BCUT2D eigenvalue weighted by molar-refractivity contribution is 8.00. The number of carbonyl (C=O) groups excluding carboxylic acids is 1. The standard InChI is InChI=1S/C12H20N2OS2/c1-2-8-16-9-7-14-12(15)10-17-11-3-5-13-6-4-11/h1,11,13H,3-10H2,(H,14,15). The number of carbonyl (C=O) groups is 1. The third kappa shape index (κ3) is 7.58. The number of piperidine rings is 1. The zero-order valence-electron chi connectivity index (χ0n) is 10.0. The molecule has 0 aliphatic carbocycles. The molecule has 3 nitrogen and oxygen atoms in total. The largest absolute Gasteiger partial charge is 0.355 e. The third-order valence-corrected chi connectivity index (χ3v) is 4.73. The van der Waals surface area contributed by atoms with Gasteiger partial charge in [0.15, 0.2) is 0 Å². The first-order valence-electron chi connectivity index (χ1n) is 5.93. The molecule has 0 unspecified atom stereocenters. The molecule has 1 saturated heterocycles. The summed E-state index contributed by atoms with van der Waals surface area (Å²) in [7, 11) is 0. The van der Waals surface area contributed by atoms with Crippen molar-refractivity contribution in [3.8, 4) is 12.3 Å². The van der Waals surface area contributed by atoms with Crippen molar-refractivity contribution in [1.82, 2.24) is 10.6 Å². The maximum Gasteiger partial charge on any atom is 0.230 e. The summed E-state index contributed by atoms with van der Waals surface area (Å²) < 4.78 is 0. The van der Waals surface area contributed by atoms with Crippen LogP contribution in [0, 0.1) is 12.3 Å². The first-order chi connectivity index (χ1) is 8.33. The van der Waals surface area contributed by atoms with E-state index in [-0.39, 0.29) is 5.91 Å². The monoisotopic (exact) mass is 272 g/mol. The summed E-state index contributed by atoms with van der Waals surface area (Å²) in [5.74, 6) is 4.92. The molecule has 1 aliphatic rings. The molecule has 1 heterocycles. The lowest BCUT2D eigenvalue weighted by Gasteiger charge is -2.21. The molecule has 2 N–H and O–H groups in total. The number of rotatable bonds is 7. The van der Waals surface area contributed by atoms with Crippen LogP contribution in [0.2, 0.25) is 0 Å². The topological polar surface area (TPSA) is 41.1 Å². The molecule has 17 heavy (non-hydrogen) atoms. The maximum absolute atomic E-state index is 11.5. The van der Waals surface area contributed by atoms with Crippen molar-refractivity contribution >= 4 is 29.4 Å². The van der Waals surface area contributed by atoms with Crippen LogP contribution in [0.15, 0.2) is 0 Å². The Morgan fingerprint density at radius 2 is 2.24 bits per heavy atom. The second kappa shape index (κ2) is 9.69. The molecule has 0 spiro atoms. The maximum atomic E-state index is 11.5. The smallest absolute Gasteiger partial charge is 0.230 e. The van der Waals surface area contributed by atoms with Crippen LogP contribution in [0.5, 0.6) is 0 Å². The Balaban J connectivity index is 1.95. The van der Waals surface area contributed by atoms with E-state index in [2.05, 4.69) is 16.6 Å². The van der Waals surface area contributed by atoms with Gasteiger partial charge in [-0.1, -0.05) is 5.92 Å². The molecule has 0 bridgehead atoms. The van der Waals surface area contributed by atoms with Gasteiger partial charge < -0.3 is 10.6 Å². The van der Waals surface area contributed by atoms with Gasteiger partial charge >= 0.3 is 0 Å². The quantitative estimate of drug-likeness (QED) is 0.535. The molecule has 1 amide bonds. The van der Waals surface area contributed by atoms with Crippen molar-refractivity contribution in [3.63, 3.8) is 0 Å². The van der Waals surface area contributed by atoms with Gasteiger partial charge in [0.25, 0.3) is 0 Å². The molecule has 0 aromatic rings. The average molecular weight is 272 g/mol. The van der Waals surface area contributed by atoms with Gasteiger partial charge in [-0.15, -0.1) is 29.9 Å². The molecular weight excluding hydrogens is 252 g/mol. The predicted molar refractivity (Wildman–Crippen MR) is 77.5 cm³/mol. The van der Waals surface area contributed by atoms with Gasteiger partial charge in [-0.2, -0.15) is 0 Å². The Hall–Kier alpha value is -0.310. The minimum Gasteiger partial charge on any atom is -0.355 e. The van der Waals surface area contributed by atoms with Gasteiger partial charge in [0.05, 0.1) is 11.5 Å². The van der Waals surface area contributed by atoms with E-state index >= 15 is 0 Å². The lowest BCUT2D eigenvalue weighted by atomic mass is 10.2. The van der Waals surface area contributed by atoms with E-state index in [4.69, 9.17) is 6.42 Å². The van der Waals surface area contributed by atoms with Crippen LogP contribution in [0.1, 0.15) is 12.8 Å². The van der Waals surface area contributed by atoms with Gasteiger partial charge in [-0.05, 0) is 25.9 Å². The zero-order valence-corrected chi connectivity index (χ0v) is 11.7. The van der Waals surface area contributed by atoms with Crippen LogP contribution in [0.25, 0.3) is 0 Å². The fourth-order valence-electron chi connectivity index (χ4n) is 1.60. The molecule has 0 atom stereocenters. The Morgan fingerprint density at radius 1 is 1.47 bits per heavy atom. The highest BCUT2D eigenvalue weighted by Crippen LogP contribution is 2.19. The first-order valence-corrected chi connectivity index (χ1v) is 8.13. The normalized spacial score (nSPS) is 16.4. The van der Waals surface area contributed by atoms with Gasteiger partial charge in [-0.3, -0.25) is 4.79 Å². The first kappa shape index (κ1) is 14.7. The summed E-state index contributed by atoms with van der Waals surface area (Å²) in [6.45, 7) is 2.89. The van der Waals surface area contributed by atoms with E-state index in [1.165, 1.54) is 12.8 Å². The highest BCUT2D eigenvalue weighted by atomic mass is 32.2. The third-order valence-electron chi connectivity index (χ3n) is 2.49. The van der Waals surface area contributed by atoms with E-state index in [9.17, 15) is 4.79 Å². The van der Waals surface area contributed by atoms with Crippen LogP contribution >= 0.6 is 23.5 Å². The van der Waals surface area contributed by atoms with Crippen LogP contribution < -0.4 is 10.6 Å². The summed E-state index contributed by atoms with van der Waals surface area (Å²) in [6, 6.07) is 0. The molecule has 0 aromatic carbocycles. The number of terminal acetylenes is 1. The van der Waals surface area contributed by atoms with Gasteiger partial charge in [0, 0.05) is 17.5 Å². The molecule has 1 fully saturated rings. The van der Waals surface area contributed by atoms with Gasteiger partial charge in [0.1, 0.15) is 0 Å². The molecule has 0 saturated carbocycles. The summed E-state index contributed by atoms with van der Waals surface area (Å²) in [5.41, 5.74) is 0. The highest BCUT2D eigenvalue weighted by Gasteiger charge is 2.14. The zero-order chi connectivity index (χ0) is 12.3. The van der Waals surface area contributed by atoms with Crippen LogP contribution in [0.3, 0.4) is 0 Å². The minimum atomic E-state index is 0.148. The lowest BCUT2D eigenvalue weighted by Crippen LogP contribution is -2.32. The minimum absolute atomic E-state index is 0.148. The van der Waals surface area contributed by atoms with Crippen LogP contribution in [-0.2, 0) is 4.79 Å². The number of amides is 1. The summed E-state index contributed by atoms with van der Waals surface area (Å²) in [6.07, 6.45) is 7.49. The lowest BCUT2D eigenvalue weighted by molar-refractivity contribution is -0.118. The summed E-state index contributed by atoms with van der Waals surface area (Å²) >= 11 is 3.46. The van der Waals surface area contributed by atoms with Crippen LogP contribution in [-0.4, -0.2) is 48.0 Å². The van der Waals surface area contributed by atoms with E-state index in [1.54, 1.807) is 23.5 Å². The fourth-order valence-corrected chi connectivity index (χ4v) is 3.17. The number of thioether (sulfide) groups is 2. The van der Waals surface area contributed by atoms with Crippen molar-refractivity contribution < 1.29 is 4.79 Å². The van der Waals surface area contributed by atoms with Crippen molar-refractivity contribution in [3.05, 3.63) is 0 Å². The van der Waals surface area contributed by atoms with Gasteiger partial charge in [-0.25, -0.2) is 0 Å². The second-order valence-electron chi connectivity index (χ2n) is 3.87. The Bertz CT molecular complexity index is 260. The summed E-state index contributed by atoms with van der Waals surface area (Å²) in [5, 5.41) is 6.89. The molecular formula is C12H20N2OS2. The number of hydrogen-bond donors (Lipinski definition) is 2. The van der Waals surface area contributed by atoms with Crippen molar-refractivity contribution in [2.45, 2.75) is 18.1 Å². The molecule has 96 valence electrons. The Labute approximate surface area is 112 Å². The fraction of sp³-hybridized carbons (Fsp3) is 0.750. The van der Waals surface area contributed by atoms with E-state index in [0.29, 0.717) is 11.0 Å². The van der Waals surface area contributed by atoms with E-state index in [1.807, 2.05) is 0 Å². The summed E-state index contributed by atoms with van der Waals surface area (Å²) in [4.78, 5) is 11.5. The Morgan fingerprint density at radius 3 is 2.94 bits per heavy atom.